The van der Waals surface area contributed by atoms with Crippen LogP contribution in [0.2, 0.25) is 0 Å². The highest BCUT2D eigenvalue weighted by Gasteiger charge is 2.09. The topological polar surface area (TPSA) is 93.8 Å². The number of nitrogens with one attached hydrogen (secondary N) is 2. The Labute approximate surface area is 115 Å². The molecule has 106 valence electrons. The molecular weight excluding hydrogens is 260 g/mol. The molecule has 8 nitrogen and oxygen atoms in total. The molecule has 0 aliphatic heterocycles. The van der Waals surface area contributed by atoms with Crippen LogP contribution >= 0.6 is 0 Å². The van der Waals surface area contributed by atoms with E-state index in [1.54, 1.807) is 41.0 Å². The summed E-state index contributed by atoms with van der Waals surface area (Å²) in [7, 11) is 1.76. The first-order chi connectivity index (χ1) is 9.66. The lowest BCUT2D eigenvalue weighted by Crippen LogP contribution is -2.42. The summed E-state index contributed by atoms with van der Waals surface area (Å²) in [6.07, 6.45) is 5.71. The first-order valence-electron chi connectivity index (χ1n) is 6.20. The molecule has 0 unspecified atom stereocenters. The third-order valence-corrected chi connectivity index (χ3v) is 2.75. The van der Waals surface area contributed by atoms with Gasteiger partial charge in [-0.15, -0.1) is 0 Å². The minimum atomic E-state index is -0.345. The molecule has 2 N–H and O–H groups in total. The summed E-state index contributed by atoms with van der Waals surface area (Å²) in [5.74, 6) is -0.588. The van der Waals surface area contributed by atoms with Gasteiger partial charge in [0.15, 0.2) is 0 Å². The van der Waals surface area contributed by atoms with Gasteiger partial charge in [-0.3, -0.25) is 25.1 Å². The predicted octanol–water partition coefficient (Wildman–Crippen LogP) is -0.142. The second-order valence-electron chi connectivity index (χ2n) is 4.27. The fourth-order valence-corrected chi connectivity index (χ4v) is 1.70. The zero-order chi connectivity index (χ0) is 14.4. The molecule has 0 saturated heterocycles. The second-order valence-corrected chi connectivity index (χ2v) is 4.27. The smallest absolute Gasteiger partial charge is 0.286 e. The Morgan fingerprint density at radius 1 is 1.35 bits per heavy atom. The van der Waals surface area contributed by atoms with Gasteiger partial charge in [0.1, 0.15) is 18.3 Å². The molecule has 2 rings (SSSR count). The SMILES string of the molecule is Cn1cccc1C(=O)NNC(=O)CCCn1cncn1. The monoisotopic (exact) mass is 276 g/mol. The summed E-state index contributed by atoms with van der Waals surface area (Å²) in [4.78, 5) is 27.1. The largest absolute Gasteiger partial charge is 0.347 e. The van der Waals surface area contributed by atoms with Crippen molar-refractivity contribution in [2.75, 3.05) is 0 Å². The zero-order valence-electron chi connectivity index (χ0n) is 11.1. The Morgan fingerprint density at radius 3 is 2.85 bits per heavy atom. The lowest BCUT2D eigenvalue weighted by Gasteiger charge is -2.07. The number of aromatic nitrogens is 4. The average molecular weight is 276 g/mol. The Hall–Kier alpha value is -2.64. The summed E-state index contributed by atoms with van der Waals surface area (Å²) < 4.78 is 3.32. The summed E-state index contributed by atoms with van der Waals surface area (Å²) in [5.41, 5.74) is 5.24. The van der Waals surface area contributed by atoms with E-state index in [4.69, 9.17) is 0 Å². The Bertz CT molecular complexity index is 575. The van der Waals surface area contributed by atoms with E-state index >= 15 is 0 Å². The van der Waals surface area contributed by atoms with Crippen LogP contribution in [-0.2, 0) is 18.4 Å². The number of amides is 2. The predicted molar refractivity (Wildman–Crippen MR) is 70.3 cm³/mol. The van der Waals surface area contributed by atoms with Crippen molar-refractivity contribution in [3.05, 3.63) is 36.7 Å². The highest BCUT2D eigenvalue weighted by Crippen LogP contribution is 1.98. The maximum Gasteiger partial charge on any atom is 0.286 e. The molecule has 0 aliphatic rings. The zero-order valence-corrected chi connectivity index (χ0v) is 11.1. The third kappa shape index (κ3) is 3.67. The summed E-state index contributed by atoms with van der Waals surface area (Å²) >= 11 is 0. The molecule has 8 heteroatoms. The number of hydrazine groups is 1. The minimum absolute atomic E-state index is 0.243. The van der Waals surface area contributed by atoms with Gasteiger partial charge >= 0.3 is 0 Å². The van der Waals surface area contributed by atoms with E-state index in [9.17, 15) is 9.59 Å². The first-order valence-corrected chi connectivity index (χ1v) is 6.20. The van der Waals surface area contributed by atoms with Gasteiger partial charge in [0.25, 0.3) is 5.91 Å². The molecule has 0 fully saturated rings. The fourth-order valence-electron chi connectivity index (χ4n) is 1.70. The van der Waals surface area contributed by atoms with E-state index in [0.717, 1.165) is 0 Å². The highest BCUT2D eigenvalue weighted by molar-refractivity contribution is 5.94. The van der Waals surface area contributed by atoms with Gasteiger partial charge in [-0.1, -0.05) is 0 Å². The number of hydrogen-bond donors (Lipinski definition) is 2. The van der Waals surface area contributed by atoms with Crippen LogP contribution in [0, 0.1) is 0 Å². The van der Waals surface area contributed by atoms with Gasteiger partial charge in [0.2, 0.25) is 5.91 Å². The van der Waals surface area contributed by atoms with Crippen molar-refractivity contribution >= 4 is 11.8 Å². The minimum Gasteiger partial charge on any atom is -0.347 e. The van der Waals surface area contributed by atoms with Crippen molar-refractivity contribution in [3.8, 4) is 0 Å². The van der Waals surface area contributed by atoms with Crippen LogP contribution in [0.1, 0.15) is 23.3 Å². The first kappa shape index (κ1) is 13.8. The molecule has 2 aromatic heterocycles. The number of rotatable bonds is 5. The van der Waals surface area contributed by atoms with E-state index in [2.05, 4.69) is 20.9 Å². The van der Waals surface area contributed by atoms with Crippen LogP contribution in [0.25, 0.3) is 0 Å². The third-order valence-electron chi connectivity index (χ3n) is 2.75. The molecule has 0 atom stereocenters. The van der Waals surface area contributed by atoms with Gasteiger partial charge in [-0.05, 0) is 18.6 Å². The second kappa shape index (κ2) is 6.50. The van der Waals surface area contributed by atoms with Crippen LogP contribution in [0.4, 0.5) is 0 Å². The summed E-state index contributed by atoms with van der Waals surface area (Å²) in [6, 6.07) is 3.43. The molecule has 0 spiro atoms. The number of aryl methyl sites for hydroxylation is 2. The van der Waals surface area contributed by atoms with E-state index in [-0.39, 0.29) is 11.8 Å². The Kier molecular flexibility index (Phi) is 4.48. The van der Waals surface area contributed by atoms with E-state index in [1.807, 2.05) is 0 Å². The van der Waals surface area contributed by atoms with Gasteiger partial charge in [-0.25, -0.2) is 4.98 Å². The van der Waals surface area contributed by atoms with Crippen molar-refractivity contribution in [3.63, 3.8) is 0 Å². The fraction of sp³-hybridized carbons (Fsp3) is 0.333. The molecular formula is C12H16N6O2. The average Bonchev–Trinajstić information content (AvgIpc) is 3.07. The van der Waals surface area contributed by atoms with Gasteiger partial charge < -0.3 is 4.57 Å². The molecule has 0 aromatic carbocycles. The molecule has 2 aromatic rings. The van der Waals surface area contributed by atoms with Crippen molar-refractivity contribution in [2.24, 2.45) is 7.05 Å². The molecule has 0 aliphatic carbocycles. The van der Waals surface area contributed by atoms with E-state index in [0.29, 0.717) is 25.1 Å². The van der Waals surface area contributed by atoms with Crippen LogP contribution in [0.3, 0.4) is 0 Å². The van der Waals surface area contributed by atoms with Gasteiger partial charge in [0, 0.05) is 26.2 Å². The van der Waals surface area contributed by atoms with E-state index in [1.165, 1.54) is 6.33 Å². The van der Waals surface area contributed by atoms with Crippen LogP contribution in [0.15, 0.2) is 31.0 Å². The van der Waals surface area contributed by atoms with Crippen LogP contribution in [0.5, 0.6) is 0 Å². The highest BCUT2D eigenvalue weighted by atomic mass is 16.2. The van der Waals surface area contributed by atoms with Gasteiger partial charge in [0.05, 0.1) is 0 Å². The van der Waals surface area contributed by atoms with Crippen molar-refractivity contribution in [1.29, 1.82) is 0 Å². The Balaban J connectivity index is 1.67. The quantitative estimate of drug-likeness (QED) is 0.743. The van der Waals surface area contributed by atoms with E-state index < -0.39 is 0 Å². The number of nitrogens with zero attached hydrogens (tertiary/aromatic N) is 4. The lowest BCUT2D eigenvalue weighted by atomic mass is 10.3. The molecule has 0 saturated carbocycles. The molecule has 2 heterocycles. The van der Waals surface area contributed by atoms with Crippen LogP contribution in [-0.4, -0.2) is 31.1 Å². The summed E-state index contributed by atoms with van der Waals surface area (Å²) in [5, 5.41) is 3.93. The summed E-state index contributed by atoms with van der Waals surface area (Å²) in [6.45, 7) is 0.610. The van der Waals surface area contributed by atoms with Gasteiger partial charge in [-0.2, -0.15) is 5.10 Å². The maximum atomic E-state index is 11.7. The molecule has 2 amide bonds. The molecule has 20 heavy (non-hydrogen) atoms. The number of carbonyl (C=O) groups excluding carboxylic acids is 2. The number of carbonyl (C=O) groups is 2. The number of hydrogen-bond acceptors (Lipinski definition) is 4. The van der Waals surface area contributed by atoms with Crippen molar-refractivity contribution in [2.45, 2.75) is 19.4 Å². The molecule has 0 bridgehead atoms. The van der Waals surface area contributed by atoms with Crippen LogP contribution < -0.4 is 10.9 Å². The maximum absolute atomic E-state index is 11.7. The lowest BCUT2D eigenvalue weighted by molar-refractivity contribution is -0.122. The van der Waals surface area contributed by atoms with Crippen molar-refractivity contribution < 1.29 is 9.59 Å². The standard InChI is InChI=1S/C12H16N6O2/c1-17-6-2-4-10(17)12(20)16-15-11(19)5-3-7-18-9-13-8-14-18/h2,4,6,8-9H,3,5,7H2,1H3,(H,15,19)(H,16,20). The Morgan fingerprint density at radius 2 is 2.20 bits per heavy atom. The molecule has 0 radical (unpaired) electrons. The van der Waals surface area contributed by atoms with Crippen molar-refractivity contribution in [1.82, 2.24) is 30.2 Å². The normalized spacial score (nSPS) is 10.2.